The average Bonchev–Trinajstić information content (AvgIpc) is 2.59. The van der Waals surface area contributed by atoms with Gasteiger partial charge in [0.1, 0.15) is 18.1 Å². The van der Waals surface area contributed by atoms with Crippen LogP contribution in [0.2, 0.25) is 0 Å². The fourth-order valence-electron chi connectivity index (χ4n) is 1.80. The maximum Gasteiger partial charge on any atom is 0.130 e. The van der Waals surface area contributed by atoms with E-state index in [1.165, 1.54) is 12.8 Å². The Labute approximate surface area is 98.0 Å². The summed E-state index contributed by atoms with van der Waals surface area (Å²) in [5.74, 6) is 2.40. The molecular weight excluding hydrogens is 202 g/mol. The Morgan fingerprint density at radius 1 is 1.50 bits per heavy atom. The van der Waals surface area contributed by atoms with Crippen LogP contribution < -0.4 is 5.73 Å². The summed E-state index contributed by atoms with van der Waals surface area (Å²) in [5.41, 5.74) is 6.65. The minimum Gasteiger partial charge on any atom is -0.464 e. The van der Waals surface area contributed by atoms with E-state index in [0.717, 1.165) is 23.7 Å². The number of nitrogens with two attached hydrogens (primary N) is 1. The van der Waals surface area contributed by atoms with E-state index in [1.54, 1.807) is 0 Å². The fourth-order valence-corrected chi connectivity index (χ4v) is 1.80. The first-order valence-electron chi connectivity index (χ1n) is 6.03. The zero-order valence-electron chi connectivity index (χ0n) is 10.6. The predicted octanol–water partition coefficient (Wildman–Crippen LogP) is 3.00. The Morgan fingerprint density at radius 3 is 2.81 bits per heavy atom. The second-order valence-corrected chi connectivity index (χ2v) is 4.41. The van der Waals surface area contributed by atoms with Crippen molar-refractivity contribution in [2.75, 3.05) is 6.61 Å². The molecule has 0 aromatic carbocycles. The zero-order valence-corrected chi connectivity index (χ0v) is 10.6. The van der Waals surface area contributed by atoms with Gasteiger partial charge in [0.05, 0.1) is 0 Å². The van der Waals surface area contributed by atoms with Gasteiger partial charge in [-0.1, -0.05) is 20.3 Å². The van der Waals surface area contributed by atoms with E-state index in [4.69, 9.17) is 14.9 Å². The lowest BCUT2D eigenvalue weighted by Gasteiger charge is -2.09. The van der Waals surface area contributed by atoms with Gasteiger partial charge in [0.25, 0.3) is 0 Å². The lowest BCUT2D eigenvalue weighted by atomic mass is 10.1. The predicted molar refractivity (Wildman–Crippen MR) is 65.1 cm³/mol. The van der Waals surface area contributed by atoms with E-state index >= 15 is 0 Å². The lowest BCUT2D eigenvalue weighted by Crippen LogP contribution is -2.05. The summed E-state index contributed by atoms with van der Waals surface area (Å²) in [5, 5.41) is 0. The average molecular weight is 225 g/mol. The molecule has 1 atom stereocenters. The number of aryl methyl sites for hydroxylation is 1. The number of hydrogen-bond acceptors (Lipinski definition) is 3. The quantitative estimate of drug-likeness (QED) is 0.776. The van der Waals surface area contributed by atoms with E-state index in [1.807, 2.05) is 13.0 Å². The molecule has 0 fully saturated rings. The van der Waals surface area contributed by atoms with Gasteiger partial charge < -0.3 is 14.9 Å². The van der Waals surface area contributed by atoms with Crippen molar-refractivity contribution in [2.45, 2.75) is 46.8 Å². The van der Waals surface area contributed by atoms with Crippen LogP contribution in [0.3, 0.4) is 0 Å². The monoisotopic (exact) mass is 225 g/mol. The Kier molecular flexibility index (Phi) is 5.56. The van der Waals surface area contributed by atoms with Crippen molar-refractivity contribution in [1.29, 1.82) is 0 Å². The third-order valence-electron chi connectivity index (χ3n) is 2.72. The highest BCUT2D eigenvalue weighted by atomic mass is 16.5. The molecule has 16 heavy (non-hydrogen) atoms. The molecule has 92 valence electrons. The lowest BCUT2D eigenvalue weighted by molar-refractivity contribution is 0.0771. The maximum atomic E-state index is 5.61. The third kappa shape index (κ3) is 3.99. The van der Waals surface area contributed by atoms with Crippen LogP contribution in [-0.2, 0) is 17.9 Å². The number of hydrogen-bond donors (Lipinski definition) is 1. The standard InChI is InChI=1S/C13H23NO2/c1-4-5-10(2)8-15-9-13-6-12(7-14)11(3)16-13/h6,10H,4-5,7-9,14H2,1-3H3. The molecule has 0 aliphatic rings. The summed E-state index contributed by atoms with van der Waals surface area (Å²) in [6.07, 6.45) is 2.42. The maximum absolute atomic E-state index is 5.61. The van der Waals surface area contributed by atoms with Crippen molar-refractivity contribution in [3.63, 3.8) is 0 Å². The van der Waals surface area contributed by atoms with Crippen LogP contribution in [0, 0.1) is 12.8 Å². The number of ether oxygens (including phenoxy) is 1. The largest absolute Gasteiger partial charge is 0.464 e. The normalized spacial score (nSPS) is 13.0. The fraction of sp³-hybridized carbons (Fsp3) is 0.692. The smallest absolute Gasteiger partial charge is 0.130 e. The highest BCUT2D eigenvalue weighted by Gasteiger charge is 2.07. The molecule has 1 unspecified atom stereocenters. The second-order valence-electron chi connectivity index (χ2n) is 4.41. The van der Waals surface area contributed by atoms with Crippen LogP contribution in [0.25, 0.3) is 0 Å². The van der Waals surface area contributed by atoms with Crippen LogP contribution in [0.4, 0.5) is 0 Å². The van der Waals surface area contributed by atoms with E-state index in [2.05, 4.69) is 13.8 Å². The summed E-state index contributed by atoms with van der Waals surface area (Å²) in [6.45, 7) is 8.22. The van der Waals surface area contributed by atoms with Crippen LogP contribution in [0.15, 0.2) is 10.5 Å². The van der Waals surface area contributed by atoms with Gasteiger partial charge >= 0.3 is 0 Å². The highest BCUT2D eigenvalue weighted by Crippen LogP contribution is 2.15. The van der Waals surface area contributed by atoms with Gasteiger partial charge in [-0.3, -0.25) is 0 Å². The summed E-state index contributed by atoms with van der Waals surface area (Å²) >= 11 is 0. The first-order valence-corrected chi connectivity index (χ1v) is 6.03. The summed E-state index contributed by atoms with van der Waals surface area (Å²) in [7, 11) is 0. The van der Waals surface area contributed by atoms with Crippen molar-refractivity contribution in [3.8, 4) is 0 Å². The van der Waals surface area contributed by atoms with E-state index < -0.39 is 0 Å². The van der Waals surface area contributed by atoms with Gasteiger partial charge in [-0.25, -0.2) is 0 Å². The zero-order chi connectivity index (χ0) is 12.0. The number of rotatable bonds is 7. The van der Waals surface area contributed by atoms with Gasteiger partial charge in [-0.2, -0.15) is 0 Å². The van der Waals surface area contributed by atoms with Crippen LogP contribution in [-0.4, -0.2) is 6.61 Å². The molecule has 3 heteroatoms. The van der Waals surface area contributed by atoms with E-state index in [0.29, 0.717) is 19.1 Å². The van der Waals surface area contributed by atoms with Gasteiger partial charge in [0, 0.05) is 18.7 Å². The van der Waals surface area contributed by atoms with Crippen molar-refractivity contribution in [3.05, 3.63) is 23.2 Å². The Balaban J connectivity index is 2.31. The topological polar surface area (TPSA) is 48.4 Å². The second kappa shape index (κ2) is 6.71. The molecule has 0 aliphatic heterocycles. The molecule has 1 rings (SSSR count). The van der Waals surface area contributed by atoms with Crippen LogP contribution >= 0.6 is 0 Å². The summed E-state index contributed by atoms with van der Waals surface area (Å²) in [6, 6.07) is 1.99. The van der Waals surface area contributed by atoms with Gasteiger partial charge in [-0.15, -0.1) is 0 Å². The summed E-state index contributed by atoms with van der Waals surface area (Å²) in [4.78, 5) is 0. The molecule has 0 saturated heterocycles. The SMILES string of the molecule is CCCC(C)COCc1cc(CN)c(C)o1. The van der Waals surface area contributed by atoms with E-state index in [9.17, 15) is 0 Å². The minimum absolute atomic E-state index is 0.529. The Bertz CT molecular complexity index is 307. The van der Waals surface area contributed by atoms with Crippen molar-refractivity contribution >= 4 is 0 Å². The molecule has 0 amide bonds. The van der Waals surface area contributed by atoms with Crippen molar-refractivity contribution in [1.82, 2.24) is 0 Å². The van der Waals surface area contributed by atoms with Crippen LogP contribution in [0.5, 0.6) is 0 Å². The molecule has 1 aromatic heterocycles. The van der Waals surface area contributed by atoms with E-state index in [-0.39, 0.29) is 0 Å². The molecule has 0 bridgehead atoms. The highest BCUT2D eigenvalue weighted by molar-refractivity contribution is 5.19. The molecule has 0 radical (unpaired) electrons. The molecular formula is C13H23NO2. The molecule has 0 aliphatic carbocycles. The molecule has 3 nitrogen and oxygen atoms in total. The molecule has 1 aromatic rings. The van der Waals surface area contributed by atoms with Gasteiger partial charge in [-0.05, 0) is 25.3 Å². The van der Waals surface area contributed by atoms with Gasteiger partial charge in [0.2, 0.25) is 0 Å². The van der Waals surface area contributed by atoms with Crippen molar-refractivity contribution in [2.24, 2.45) is 11.7 Å². The number of furan rings is 1. The molecule has 1 heterocycles. The Morgan fingerprint density at radius 2 is 2.25 bits per heavy atom. The first-order chi connectivity index (χ1) is 7.67. The summed E-state index contributed by atoms with van der Waals surface area (Å²) < 4.78 is 11.2. The van der Waals surface area contributed by atoms with Crippen LogP contribution in [0.1, 0.15) is 43.8 Å². The third-order valence-corrected chi connectivity index (χ3v) is 2.72. The Hall–Kier alpha value is -0.800. The minimum atomic E-state index is 0.529. The molecule has 0 saturated carbocycles. The molecule has 2 N–H and O–H groups in total. The van der Waals surface area contributed by atoms with Gasteiger partial charge in [0.15, 0.2) is 0 Å². The van der Waals surface area contributed by atoms with Crippen molar-refractivity contribution < 1.29 is 9.15 Å². The molecule has 0 spiro atoms. The first kappa shape index (κ1) is 13.3.